The minimum Gasteiger partial charge on any atom is -0.396 e. The molecule has 160 valence electrons. The molecular weight excluding hydrogens is 477 g/mol. The van der Waals surface area contributed by atoms with Gasteiger partial charge in [-0.05, 0) is 30.9 Å². The molecule has 3 N–H and O–H groups in total. The van der Waals surface area contributed by atoms with Crippen molar-refractivity contribution in [3.05, 3.63) is 71.8 Å². The first-order valence-electron chi connectivity index (χ1n) is 10.1. The topological polar surface area (TPSA) is 65.9 Å². The molecule has 0 saturated carbocycles. The second-order valence-corrected chi connectivity index (χ2v) is 6.68. The second-order valence-electron chi connectivity index (χ2n) is 6.68. The zero-order chi connectivity index (χ0) is 19.9. The number of guanidine groups is 1. The standard InChI is InChI=1S/C23H33N3O2.HI/c1-2-24-23(26-17-22(18-27)21-13-7-4-8-14-21)25-15-9-10-16-28-19-20-11-5-3-6-12-20;/h3-8,11-14,22,27H,2,9-10,15-19H2,1H3,(H2,24,25,26);1H. The number of rotatable bonds is 12. The van der Waals surface area contributed by atoms with E-state index in [1.165, 1.54) is 5.56 Å². The highest BCUT2D eigenvalue weighted by Crippen LogP contribution is 2.14. The highest BCUT2D eigenvalue weighted by Gasteiger charge is 2.09. The molecule has 0 amide bonds. The Hall–Kier alpha value is -1.64. The number of ether oxygens (including phenoxy) is 1. The highest BCUT2D eigenvalue weighted by atomic mass is 127. The summed E-state index contributed by atoms with van der Waals surface area (Å²) in [6.07, 6.45) is 2.02. The fourth-order valence-corrected chi connectivity index (χ4v) is 2.84. The van der Waals surface area contributed by atoms with Gasteiger partial charge >= 0.3 is 0 Å². The lowest BCUT2D eigenvalue weighted by Gasteiger charge is -2.15. The zero-order valence-corrected chi connectivity index (χ0v) is 19.5. The number of halogens is 1. The molecule has 6 heteroatoms. The number of nitrogens with one attached hydrogen (secondary N) is 2. The van der Waals surface area contributed by atoms with Gasteiger partial charge < -0.3 is 20.5 Å². The van der Waals surface area contributed by atoms with E-state index in [1.54, 1.807) is 0 Å². The fourth-order valence-electron chi connectivity index (χ4n) is 2.84. The summed E-state index contributed by atoms with van der Waals surface area (Å²) in [4.78, 5) is 4.64. The van der Waals surface area contributed by atoms with Crippen LogP contribution in [-0.4, -0.2) is 43.9 Å². The van der Waals surface area contributed by atoms with Gasteiger partial charge in [0.1, 0.15) is 0 Å². The first-order valence-corrected chi connectivity index (χ1v) is 10.1. The average Bonchev–Trinajstić information content (AvgIpc) is 2.75. The minimum absolute atomic E-state index is 0. The van der Waals surface area contributed by atoms with Crippen molar-refractivity contribution in [2.75, 3.05) is 32.8 Å². The van der Waals surface area contributed by atoms with E-state index in [-0.39, 0.29) is 36.5 Å². The maximum Gasteiger partial charge on any atom is 0.191 e. The third kappa shape index (κ3) is 10.6. The number of aliphatic imine (C=N–C) groups is 1. The Morgan fingerprint density at radius 3 is 2.34 bits per heavy atom. The lowest BCUT2D eigenvalue weighted by atomic mass is 10.0. The van der Waals surface area contributed by atoms with Gasteiger partial charge in [-0.2, -0.15) is 0 Å². The summed E-state index contributed by atoms with van der Waals surface area (Å²) < 4.78 is 5.72. The number of unbranched alkanes of at least 4 members (excludes halogenated alkanes) is 1. The molecule has 5 nitrogen and oxygen atoms in total. The molecule has 0 radical (unpaired) electrons. The van der Waals surface area contributed by atoms with Gasteiger partial charge in [-0.25, -0.2) is 0 Å². The molecule has 2 aromatic carbocycles. The largest absolute Gasteiger partial charge is 0.396 e. The van der Waals surface area contributed by atoms with Gasteiger partial charge in [0.25, 0.3) is 0 Å². The lowest BCUT2D eigenvalue weighted by Crippen LogP contribution is -2.38. The molecule has 1 unspecified atom stereocenters. The molecule has 1 atom stereocenters. The number of benzene rings is 2. The van der Waals surface area contributed by atoms with Gasteiger partial charge in [-0.1, -0.05) is 60.7 Å². The van der Waals surface area contributed by atoms with Crippen LogP contribution in [0, 0.1) is 0 Å². The Bertz CT molecular complexity index is 668. The summed E-state index contributed by atoms with van der Waals surface area (Å²) in [7, 11) is 0. The van der Waals surface area contributed by atoms with E-state index in [1.807, 2.05) is 48.5 Å². The number of hydrogen-bond acceptors (Lipinski definition) is 3. The van der Waals surface area contributed by atoms with Crippen LogP contribution < -0.4 is 10.6 Å². The van der Waals surface area contributed by atoms with Gasteiger partial charge in [0.15, 0.2) is 5.96 Å². The Kier molecular flexibility index (Phi) is 14.2. The van der Waals surface area contributed by atoms with Crippen molar-refractivity contribution >= 4 is 29.9 Å². The molecule has 0 bridgehead atoms. The van der Waals surface area contributed by atoms with E-state index < -0.39 is 0 Å². The summed E-state index contributed by atoms with van der Waals surface area (Å²) in [5, 5.41) is 16.3. The molecular formula is C23H34IN3O2. The molecule has 0 aromatic heterocycles. The molecule has 2 aromatic rings. The quantitative estimate of drug-likeness (QED) is 0.175. The van der Waals surface area contributed by atoms with Crippen LogP contribution in [0.2, 0.25) is 0 Å². The maximum absolute atomic E-state index is 9.68. The monoisotopic (exact) mass is 511 g/mol. The van der Waals surface area contributed by atoms with Crippen molar-refractivity contribution in [1.29, 1.82) is 0 Å². The second kappa shape index (κ2) is 16.2. The molecule has 2 rings (SSSR count). The van der Waals surface area contributed by atoms with Crippen LogP contribution in [0.4, 0.5) is 0 Å². The molecule has 0 spiro atoms. The van der Waals surface area contributed by atoms with Crippen molar-refractivity contribution in [2.45, 2.75) is 32.3 Å². The van der Waals surface area contributed by atoms with Crippen LogP contribution in [0.15, 0.2) is 65.7 Å². The number of aliphatic hydroxyl groups excluding tert-OH is 1. The molecule has 0 aliphatic heterocycles. The Morgan fingerprint density at radius 2 is 1.69 bits per heavy atom. The maximum atomic E-state index is 9.68. The zero-order valence-electron chi connectivity index (χ0n) is 17.2. The van der Waals surface area contributed by atoms with Crippen molar-refractivity contribution in [3.63, 3.8) is 0 Å². The smallest absolute Gasteiger partial charge is 0.191 e. The average molecular weight is 511 g/mol. The van der Waals surface area contributed by atoms with Gasteiger partial charge in [-0.15, -0.1) is 24.0 Å². The highest BCUT2D eigenvalue weighted by molar-refractivity contribution is 14.0. The van der Waals surface area contributed by atoms with E-state index in [2.05, 4.69) is 34.7 Å². The van der Waals surface area contributed by atoms with Gasteiger partial charge in [0.05, 0.1) is 19.8 Å². The SMILES string of the molecule is CCNC(=NCC(CO)c1ccccc1)NCCCCOCc1ccccc1.I. The Labute approximate surface area is 192 Å². The summed E-state index contributed by atoms with van der Waals surface area (Å²) >= 11 is 0. The Morgan fingerprint density at radius 1 is 1.00 bits per heavy atom. The van der Waals surface area contributed by atoms with Gasteiger partial charge in [-0.3, -0.25) is 4.99 Å². The van der Waals surface area contributed by atoms with E-state index in [0.29, 0.717) is 13.2 Å². The summed E-state index contributed by atoms with van der Waals surface area (Å²) in [5.74, 6) is 0.810. The minimum atomic E-state index is 0. The van der Waals surface area contributed by atoms with E-state index in [4.69, 9.17) is 4.74 Å². The predicted molar refractivity (Wildman–Crippen MR) is 131 cm³/mol. The molecule has 0 heterocycles. The van der Waals surface area contributed by atoms with Gasteiger partial charge in [0, 0.05) is 25.6 Å². The first kappa shape index (κ1) is 25.4. The number of aliphatic hydroxyl groups is 1. The van der Waals surface area contributed by atoms with Crippen molar-refractivity contribution in [3.8, 4) is 0 Å². The summed E-state index contributed by atoms with van der Waals surface area (Å²) in [5.41, 5.74) is 2.32. The van der Waals surface area contributed by atoms with Crippen LogP contribution in [0.1, 0.15) is 36.8 Å². The summed E-state index contributed by atoms with van der Waals surface area (Å²) in [6.45, 7) is 5.76. The molecule has 0 aliphatic rings. The van der Waals surface area contributed by atoms with Crippen LogP contribution in [0.3, 0.4) is 0 Å². The van der Waals surface area contributed by atoms with Crippen LogP contribution in [0.5, 0.6) is 0 Å². The van der Waals surface area contributed by atoms with Crippen molar-refractivity contribution in [1.82, 2.24) is 10.6 Å². The molecule has 0 saturated heterocycles. The number of hydrogen-bond donors (Lipinski definition) is 3. The summed E-state index contributed by atoms with van der Waals surface area (Å²) in [6, 6.07) is 20.3. The third-order valence-corrected chi connectivity index (χ3v) is 4.42. The molecule has 0 aliphatic carbocycles. The van der Waals surface area contributed by atoms with E-state index in [9.17, 15) is 5.11 Å². The molecule has 0 fully saturated rings. The van der Waals surface area contributed by atoms with E-state index >= 15 is 0 Å². The van der Waals surface area contributed by atoms with Crippen LogP contribution in [0.25, 0.3) is 0 Å². The third-order valence-electron chi connectivity index (χ3n) is 4.42. The number of nitrogens with zero attached hydrogens (tertiary/aromatic N) is 1. The molecule has 29 heavy (non-hydrogen) atoms. The predicted octanol–water partition coefficient (Wildman–Crippen LogP) is 3.93. The van der Waals surface area contributed by atoms with Gasteiger partial charge in [0.2, 0.25) is 0 Å². The Balaban J connectivity index is 0.00000420. The van der Waals surface area contributed by atoms with Crippen LogP contribution >= 0.6 is 24.0 Å². The van der Waals surface area contributed by atoms with Crippen molar-refractivity contribution in [2.24, 2.45) is 4.99 Å². The lowest BCUT2D eigenvalue weighted by molar-refractivity contribution is 0.117. The normalized spacial score (nSPS) is 12.1. The van der Waals surface area contributed by atoms with Crippen LogP contribution in [-0.2, 0) is 11.3 Å². The van der Waals surface area contributed by atoms with E-state index in [0.717, 1.165) is 44.1 Å². The van der Waals surface area contributed by atoms with Crippen molar-refractivity contribution < 1.29 is 9.84 Å². The first-order chi connectivity index (χ1) is 13.8. The fraction of sp³-hybridized carbons (Fsp3) is 0.435.